The van der Waals surface area contributed by atoms with Gasteiger partial charge in [0.25, 0.3) is 5.91 Å². The van der Waals surface area contributed by atoms with E-state index < -0.39 is 30.3 Å². The van der Waals surface area contributed by atoms with Gasteiger partial charge in [0.2, 0.25) is 18.3 Å². The normalized spacial score (nSPS) is 13.5. The predicted octanol–water partition coefficient (Wildman–Crippen LogP) is 5.31. The minimum absolute atomic E-state index is 0.102. The van der Waals surface area contributed by atoms with Crippen molar-refractivity contribution in [1.82, 2.24) is 10.2 Å². The lowest BCUT2D eigenvalue weighted by Crippen LogP contribution is -2.52. The molecular formula is C27H36N2O4SSi. The molecule has 1 atom stereocenters. The first-order valence-corrected chi connectivity index (χ1v) is 16.4. The van der Waals surface area contributed by atoms with Crippen molar-refractivity contribution in [2.45, 2.75) is 63.5 Å². The number of hydrogen-bond acceptors (Lipinski definition) is 4. The van der Waals surface area contributed by atoms with E-state index in [4.69, 9.17) is 4.53 Å². The van der Waals surface area contributed by atoms with Gasteiger partial charge in [0.15, 0.2) is 0 Å². The molecule has 0 fully saturated rings. The first kappa shape index (κ1) is 27.1. The fourth-order valence-electron chi connectivity index (χ4n) is 3.41. The van der Waals surface area contributed by atoms with Crippen LogP contribution in [0.5, 0.6) is 0 Å². The maximum atomic E-state index is 13.1. The van der Waals surface area contributed by atoms with Crippen molar-refractivity contribution >= 4 is 35.0 Å². The van der Waals surface area contributed by atoms with Crippen LogP contribution in [-0.2, 0) is 31.5 Å². The molecule has 0 aliphatic rings. The second-order valence-electron chi connectivity index (χ2n) is 10.5. The van der Waals surface area contributed by atoms with Crippen molar-refractivity contribution in [2.24, 2.45) is 0 Å². The lowest BCUT2D eigenvalue weighted by molar-refractivity contribution is -0.130. The van der Waals surface area contributed by atoms with E-state index in [1.807, 2.05) is 79.8 Å². The van der Waals surface area contributed by atoms with E-state index in [1.54, 1.807) is 6.07 Å². The summed E-state index contributed by atoms with van der Waals surface area (Å²) in [4.78, 5) is 13.1. The third-order valence-electron chi connectivity index (χ3n) is 6.59. The van der Waals surface area contributed by atoms with Gasteiger partial charge < -0.3 is 4.53 Å². The number of hydroxylamine groups is 1. The van der Waals surface area contributed by atoms with Crippen molar-refractivity contribution < 1.29 is 17.7 Å². The highest BCUT2D eigenvalue weighted by molar-refractivity contribution is 7.88. The summed E-state index contributed by atoms with van der Waals surface area (Å²) in [7, 11) is -6.04. The van der Waals surface area contributed by atoms with Gasteiger partial charge in [-0.2, -0.15) is 0 Å². The highest BCUT2D eigenvalue weighted by Crippen LogP contribution is 2.35. The van der Waals surface area contributed by atoms with Gasteiger partial charge in [-0.25, -0.2) is 18.6 Å². The highest BCUT2D eigenvalue weighted by Gasteiger charge is 2.39. The largest absolute Gasteiger partial charge is 0.319 e. The average Bonchev–Trinajstić information content (AvgIpc) is 2.79. The van der Waals surface area contributed by atoms with Gasteiger partial charge in [0.05, 0.1) is 5.75 Å². The van der Waals surface area contributed by atoms with Gasteiger partial charge in [-0.3, -0.25) is 4.79 Å². The number of amides is 1. The van der Waals surface area contributed by atoms with Crippen LogP contribution in [0.2, 0.25) is 18.1 Å². The third-order valence-corrected chi connectivity index (χ3v) is 12.2. The minimum atomic E-state index is -3.79. The fourth-order valence-corrected chi connectivity index (χ4v) is 5.43. The Morgan fingerprint density at radius 2 is 1.54 bits per heavy atom. The molecule has 0 radical (unpaired) electrons. The number of sulfonamides is 1. The van der Waals surface area contributed by atoms with Crippen molar-refractivity contribution in [3.8, 4) is 0 Å². The number of carbonyl (C=O) groups excluding carboxylic acids is 1. The number of carbonyl (C=O) groups is 1. The molecule has 0 saturated carbocycles. The molecule has 0 aliphatic carbocycles. The Hall–Kier alpha value is -2.52. The van der Waals surface area contributed by atoms with Crippen LogP contribution in [0.4, 0.5) is 0 Å². The zero-order valence-electron chi connectivity index (χ0n) is 21.2. The molecule has 3 aromatic carbocycles. The number of rotatable bonds is 10. The Kier molecular flexibility index (Phi) is 8.53. The smallest absolute Gasteiger partial charge is 0.260 e. The maximum absolute atomic E-state index is 13.1. The first-order chi connectivity index (χ1) is 16.4. The van der Waals surface area contributed by atoms with Gasteiger partial charge in [0, 0.05) is 0 Å². The van der Waals surface area contributed by atoms with Crippen molar-refractivity contribution in [2.75, 3.05) is 0 Å². The van der Waals surface area contributed by atoms with Gasteiger partial charge in [0.1, 0.15) is 6.04 Å². The van der Waals surface area contributed by atoms with Crippen molar-refractivity contribution in [1.29, 1.82) is 0 Å². The van der Waals surface area contributed by atoms with Gasteiger partial charge in [-0.15, -0.1) is 0 Å². The SMILES string of the molecule is CC(C)(C)[Si](C)(C)ONC(=O)[C@@H](CCc1ccccc1)NS(=O)(=O)Cc1ccc2ccccc2c1. The first-order valence-electron chi connectivity index (χ1n) is 11.9. The number of fused-ring (bicyclic) bond motifs is 1. The average molecular weight is 513 g/mol. The van der Waals surface area contributed by atoms with E-state index in [1.165, 1.54) is 0 Å². The van der Waals surface area contributed by atoms with Gasteiger partial charge in [-0.1, -0.05) is 93.6 Å². The third kappa shape index (κ3) is 7.73. The Morgan fingerprint density at radius 1 is 0.914 bits per heavy atom. The summed E-state index contributed by atoms with van der Waals surface area (Å²) in [5, 5.41) is 1.92. The minimum Gasteiger partial charge on any atom is -0.319 e. The maximum Gasteiger partial charge on any atom is 0.260 e. The molecular weight excluding hydrogens is 476 g/mol. The summed E-state index contributed by atoms with van der Waals surface area (Å²) in [6, 6.07) is 22.1. The summed E-state index contributed by atoms with van der Waals surface area (Å²) >= 11 is 0. The topological polar surface area (TPSA) is 84.5 Å². The second-order valence-corrected chi connectivity index (χ2v) is 16.9. The molecule has 3 aromatic rings. The van der Waals surface area contributed by atoms with Crippen LogP contribution >= 0.6 is 0 Å². The van der Waals surface area contributed by atoms with E-state index in [2.05, 4.69) is 31.0 Å². The quantitative estimate of drug-likeness (QED) is 0.285. The lowest BCUT2D eigenvalue weighted by atomic mass is 10.1. The molecule has 2 N–H and O–H groups in total. The summed E-state index contributed by atoms with van der Waals surface area (Å²) in [5.74, 6) is -0.691. The van der Waals surface area contributed by atoms with E-state index in [-0.39, 0.29) is 10.8 Å². The molecule has 0 aromatic heterocycles. The van der Waals surface area contributed by atoms with Crippen LogP contribution in [0.15, 0.2) is 72.8 Å². The Morgan fingerprint density at radius 3 is 2.20 bits per heavy atom. The molecule has 0 spiro atoms. The molecule has 6 nitrogen and oxygen atoms in total. The number of hydrogen-bond donors (Lipinski definition) is 2. The monoisotopic (exact) mass is 512 g/mol. The Labute approximate surface area is 210 Å². The van der Waals surface area contributed by atoms with Crippen LogP contribution in [0.1, 0.15) is 38.3 Å². The molecule has 0 aliphatic heterocycles. The Balaban J connectivity index is 1.75. The van der Waals surface area contributed by atoms with Crippen LogP contribution in [0.25, 0.3) is 10.8 Å². The molecule has 3 rings (SSSR count). The van der Waals surface area contributed by atoms with Gasteiger partial charge in [-0.05, 0) is 52.9 Å². The summed E-state index contributed by atoms with van der Waals surface area (Å²) < 4.78 is 34.7. The molecule has 1 amide bonds. The number of benzene rings is 3. The zero-order valence-corrected chi connectivity index (χ0v) is 23.0. The summed E-state index contributed by atoms with van der Waals surface area (Å²) in [5.41, 5.74) is 4.27. The highest BCUT2D eigenvalue weighted by atomic mass is 32.2. The van der Waals surface area contributed by atoms with Crippen LogP contribution in [0.3, 0.4) is 0 Å². The van der Waals surface area contributed by atoms with E-state index in [0.717, 1.165) is 16.3 Å². The van der Waals surface area contributed by atoms with E-state index in [0.29, 0.717) is 18.4 Å². The van der Waals surface area contributed by atoms with Crippen LogP contribution in [-0.4, -0.2) is 28.7 Å². The van der Waals surface area contributed by atoms with E-state index in [9.17, 15) is 13.2 Å². The number of nitrogens with one attached hydrogen (secondary N) is 2. The molecule has 0 saturated heterocycles. The standard InChI is InChI=1S/C27H36N2O4SSi/c1-27(2,3)35(4,5)33-28-26(30)25(18-16-21-11-7-6-8-12-21)29-34(31,32)20-22-15-17-23-13-9-10-14-24(23)19-22/h6-15,17,19,25,29H,16,18,20H2,1-5H3,(H,28,30)/t25-/m1/s1. The van der Waals surface area contributed by atoms with Crippen molar-refractivity contribution in [3.63, 3.8) is 0 Å². The van der Waals surface area contributed by atoms with E-state index >= 15 is 0 Å². The van der Waals surface area contributed by atoms with Crippen LogP contribution < -0.4 is 10.2 Å². The summed E-state index contributed by atoms with van der Waals surface area (Å²) in [6.07, 6.45) is 0.866. The van der Waals surface area contributed by atoms with Crippen molar-refractivity contribution in [3.05, 3.63) is 83.9 Å². The molecule has 35 heavy (non-hydrogen) atoms. The van der Waals surface area contributed by atoms with Crippen LogP contribution in [0, 0.1) is 0 Å². The molecule has 0 unspecified atom stereocenters. The predicted molar refractivity (Wildman–Crippen MR) is 145 cm³/mol. The lowest BCUT2D eigenvalue weighted by Gasteiger charge is -2.35. The Bertz CT molecular complexity index is 1250. The molecule has 0 heterocycles. The molecule has 188 valence electrons. The number of aryl methyl sites for hydroxylation is 1. The second kappa shape index (κ2) is 11.0. The fraction of sp³-hybridized carbons (Fsp3) is 0.370. The van der Waals surface area contributed by atoms with Gasteiger partial charge >= 0.3 is 0 Å². The zero-order chi connectivity index (χ0) is 25.7. The summed E-state index contributed by atoms with van der Waals surface area (Å²) in [6.45, 7) is 10.3. The molecule has 0 bridgehead atoms. The molecule has 8 heteroatoms.